The fourth-order valence-corrected chi connectivity index (χ4v) is 2.95. The number of nitrogens with zero attached hydrogens (tertiary/aromatic N) is 1. The van der Waals surface area contributed by atoms with E-state index in [1.165, 1.54) is 12.5 Å². The van der Waals surface area contributed by atoms with Crippen molar-refractivity contribution in [3.8, 4) is 0 Å². The van der Waals surface area contributed by atoms with Crippen molar-refractivity contribution in [3.05, 3.63) is 35.6 Å². The number of hydrogen-bond acceptors (Lipinski definition) is 2. The Morgan fingerprint density at radius 2 is 2.05 bits per heavy atom. The van der Waals surface area contributed by atoms with Crippen LogP contribution in [0, 0.1) is 17.2 Å². The number of benzene rings is 1. The molecule has 2 atom stereocenters. The number of halogens is 1. The minimum absolute atomic E-state index is 0.311. The van der Waals surface area contributed by atoms with Crippen LogP contribution in [0.25, 0.3) is 0 Å². The van der Waals surface area contributed by atoms with Crippen molar-refractivity contribution >= 4 is 0 Å². The Kier molecular flexibility index (Phi) is 4.82. The summed E-state index contributed by atoms with van der Waals surface area (Å²) in [6.45, 7) is 9.88. The van der Waals surface area contributed by atoms with Crippen molar-refractivity contribution in [3.63, 3.8) is 0 Å². The molecular weight excluding hydrogens is 253 g/mol. The maximum absolute atomic E-state index is 13.6. The van der Waals surface area contributed by atoms with Gasteiger partial charge < -0.3 is 10.0 Å². The molecule has 0 aliphatic carbocycles. The molecular formula is C17H26FNO. The smallest absolute Gasteiger partial charge is 0.128 e. The van der Waals surface area contributed by atoms with Gasteiger partial charge in [-0.05, 0) is 36.8 Å². The van der Waals surface area contributed by atoms with Crippen LogP contribution in [0.3, 0.4) is 0 Å². The third-order valence-corrected chi connectivity index (χ3v) is 4.48. The normalized spacial score (nSPS) is 22.1. The van der Waals surface area contributed by atoms with E-state index in [4.69, 9.17) is 0 Å². The Balaban J connectivity index is 1.83. The van der Waals surface area contributed by atoms with Crippen LogP contribution in [0.5, 0.6) is 0 Å². The predicted octanol–water partition coefficient (Wildman–Crippen LogP) is 3.62. The quantitative estimate of drug-likeness (QED) is 0.910. The molecule has 2 rings (SSSR count). The van der Waals surface area contributed by atoms with Gasteiger partial charge in [-0.3, -0.25) is 0 Å². The lowest BCUT2D eigenvalue weighted by Gasteiger charge is -2.27. The zero-order chi connectivity index (χ0) is 14.8. The number of rotatable bonds is 4. The summed E-state index contributed by atoms with van der Waals surface area (Å²) in [6, 6.07) is 6.50. The van der Waals surface area contributed by atoms with Gasteiger partial charge in [0.2, 0.25) is 0 Å². The highest BCUT2D eigenvalue weighted by Crippen LogP contribution is 2.33. The van der Waals surface area contributed by atoms with Gasteiger partial charge in [0, 0.05) is 18.7 Å². The van der Waals surface area contributed by atoms with E-state index in [1.54, 1.807) is 18.2 Å². The SMILES string of the molecule is CC(C)(C)C1CCN(CCC(O)c2ccccc2F)C1. The molecule has 1 aromatic rings. The molecule has 3 heteroatoms. The molecule has 1 aromatic carbocycles. The first-order valence-corrected chi connectivity index (χ1v) is 7.53. The largest absolute Gasteiger partial charge is 0.388 e. The summed E-state index contributed by atoms with van der Waals surface area (Å²) in [7, 11) is 0. The Morgan fingerprint density at radius 3 is 2.65 bits per heavy atom. The van der Waals surface area contributed by atoms with Gasteiger partial charge in [0.15, 0.2) is 0 Å². The van der Waals surface area contributed by atoms with Crippen molar-refractivity contribution in [2.45, 2.75) is 39.7 Å². The average molecular weight is 279 g/mol. The van der Waals surface area contributed by atoms with Crippen molar-refractivity contribution in [1.29, 1.82) is 0 Å². The molecule has 1 heterocycles. The van der Waals surface area contributed by atoms with Gasteiger partial charge in [-0.2, -0.15) is 0 Å². The van der Waals surface area contributed by atoms with Gasteiger partial charge in [-0.1, -0.05) is 39.0 Å². The van der Waals surface area contributed by atoms with E-state index in [9.17, 15) is 9.50 Å². The van der Waals surface area contributed by atoms with E-state index in [0.29, 0.717) is 23.3 Å². The number of likely N-dealkylation sites (tertiary alicyclic amines) is 1. The molecule has 0 radical (unpaired) electrons. The molecule has 0 spiro atoms. The highest BCUT2D eigenvalue weighted by molar-refractivity contribution is 5.19. The highest BCUT2D eigenvalue weighted by Gasteiger charge is 2.31. The van der Waals surface area contributed by atoms with E-state index in [1.807, 2.05) is 0 Å². The number of aliphatic hydroxyl groups is 1. The van der Waals surface area contributed by atoms with E-state index in [0.717, 1.165) is 19.6 Å². The van der Waals surface area contributed by atoms with Crippen LogP contribution in [0.15, 0.2) is 24.3 Å². The van der Waals surface area contributed by atoms with Gasteiger partial charge in [-0.15, -0.1) is 0 Å². The van der Waals surface area contributed by atoms with Gasteiger partial charge in [0.25, 0.3) is 0 Å². The van der Waals surface area contributed by atoms with Crippen LogP contribution in [-0.4, -0.2) is 29.6 Å². The standard InChI is InChI=1S/C17H26FNO/c1-17(2,3)13-8-10-19(12-13)11-9-16(20)14-6-4-5-7-15(14)18/h4-7,13,16,20H,8-12H2,1-3H3. The van der Waals surface area contributed by atoms with Crippen LogP contribution in [0.4, 0.5) is 4.39 Å². The molecule has 112 valence electrons. The molecule has 1 N–H and O–H groups in total. The zero-order valence-electron chi connectivity index (χ0n) is 12.8. The topological polar surface area (TPSA) is 23.5 Å². The molecule has 2 unspecified atom stereocenters. The summed E-state index contributed by atoms with van der Waals surface area (Å²) in [5.74, 6) is 0.405. The molecule has 1 aliphatic rings. The van der Waals surface area contributed by atoms with Crippen LogP contribution >= 0.6 is 0 Å². The molecule has 1 aliphatic heterocycles. The Labute approximate surface area is 121 Å². The number of hydrogen-bond donors (Lipinski definition) is 1. The predicted molar refractivity (Wildman–Crippen MR) is 80.0 cm³/mol. The second kappa shape index (κ2) is 6.23. The monoisotopic (exact) mass is 279 g/mol. The summed E-state index contributed by atoms with van der Waals surface area (Å²) in [6.07, 6.45) is 1.11. The van der Waals surface area contributed by atoms with Crippen molar-refractivity contribution in [1.82, 2.24) is 4.90 Å². The molecule has 0 bridgehead atoms. The van der Waals surface area contributed by atoms with Crippen molar-refractivity contribution < 1.29 is 9.50 Å². The molecule has 0 amide bonds. The maximum atomic E-state index is 13.6. The second-order valence-electron chi connectivity index (χ2n) is 6.98. The molecule has 1 saturated heterocycles. The summed E-state index contributed by atoms with van der Waals surface area (Å²) >= 11 is 0. The fraction of sp³-hybridized carbons (Fsp3) is 0.647. The van der Waals surface area contributed by atoms with Crippen molar-refractivity contribution in [2.24, 2.45) is 11.3 Å². The van der Waals surface area contributed by atoms with Gasteiger partial charge >= 0.3 is 0 Å². The number of aliphatic hydroxyl groups excluding tert-OH is 1. The summed E-state index contributed by atoms with van der Waals surface area (Å²) in [5.41, 5.74) is 0.762. The van der Waals surface area contributed by atoms with E-state index in [2.05, 4.69) is 25.7 Å². The van der Waals surface area contributed by atoms with Gasteiger partial charge in [0.1, 0.15) is 5.82 Å². The van der Waals surface area contributed by atoms with Crippen LogP contribution in [0.2, 0.25) is 0 Å². The molecule has 2 nitrogen and oxygen atoms in total. The first-order chi connectivity index (χ1) is 9.38. The lowest BCUT2D eigenvalue weighted by Crippen LogP contribution is -2.27. The molecule has 1 fully saturated rings. The van der Waals surface area contributed by atoms with E-state index in [-0.39, 0.29) is 5.82 Å². The summed E-state index contributed by atoms with van der Waals surface area (Å²) in [4.78, 5) is 2.39. The van der Waals surface area contributed by atoms with Crippen molar-refractivity contribution in [2.75, 3.05) is 19.6 Å². The van der Waals surface area contributed by atoms with Crippen LogP contribution in [-0.2, 0) is 0 Å². The fourth-order valence-electron chi connectivity index (χ4n) is 2.95. The lowest BCUT2D eigenvalue weighted by atomic mass is 9.80. The molecule has 0 saturated carbocycles. The second-order valence-corrected chi connectivity index (χ2v) is 6.98. The van der Waals surface area contributed by atoms with Gasteiger partial charge in [-0.25, -0.2) is 4.39 Å². The summed E-state index contributed by atoms with van der Waals surface area (Å²) < 4.78 is 13.6. The third kappa shape index (κ3) is 3.80. The average Bonchev–Trinajstić information content (AvgIpc) is 2.85. The first kappa shape index (κ1) is 15.5. The maximum Gasteiger partial charge on any atom is 0.128 e. The minimum Gasteiger partial charge on any atom is -0.388 e. The van der Waals surface area contributed by atoms with Gasteiger partial charge in [0.05, 0.1) is 6.10 Å². The van der Waals surface area contributed by atoms with Crippen LogP contribution in [0.1, 0.15) is 45.3 Å². The van der Waals surface area contributed by atoms with E-state index < -0.39 is 6.10 Å². The summed E-state index contributed by atoms with van der Waals surface area (Å²) in [5, 5.41) is 10.1. The zero-order valence-corrected chi connectivity index (χ0v) is 12.8. The third-order valence-electron chi connectivity index (χ3n) is 4.48. The molecule has 0 aromatic heterocycles. The Bertz CT molecular complexity index is 441. The Hall–Kier alpha value is -0.930. The highest BCUT2D eigenvalue weighted by atomic mass is 19.1. The van der Waals surface area contributed by atoms with Crippen LogP contribution < -0.4 is 0 Å². The first-order valence-electron chi connectivity index (χ1n) is 7.53. The Morgan fingerprint density at radius 1 is 1.35 bits per heavy atom. The van der Waals surface area contributed by atoms with E-state index >= 15 is 0 Å². The lowest BCUT2D eigenvalue weighted by molar-refractivity contribution is 0.141. The minimum atomic E-state index is -0.704. The molecule has 20 heavy (non-hydrogen) atoms.